The monoisotopic (exact) mass is 257 g/mol. The zero-order valence-corrected chi connectivity index (χ0v) is 11.1. The van der Waals surface area contributed by atoms with Crippen molar-refractivity contribution in [3.63, 3.8) is 0 Å². The molecule has 1 aromatic rings. The van der Waals surface area contributed by atoms with Gasteiger partial charge in [-0.25, -0.2) is 8.78 Å². The number of halogens is 2. The summed E-state index contributed by atoms with van der Waals surface area (Å²) in [5.41, 5.74) is 2.03. The van der Waals surface area contributed by atoms with Crippen LogP contribution in [0.5, 0.6) is 0 Å². The third-order valence-electron chi connectivity index (χ3n) is 2.55. The summed E-state index contributed by atoms with van der Waals surface area (Å²) >= 11 is 0. The molecular formula is C14H21F2NO. The lowest BCUT2D eigenvalue weighted by Gasteiger charge is -2.20. The minimum Gasteiger partial charge on any atom is -0.366 e. The fourth-order valence-corrected chi connectivity index (χ4v) is 1.68. The Morgan fingerprint density at radius 2 is 2.00 bits per heavy atom. The summed E-state index contributed by atoms with van der Waals surface area (Å²) in [4.78, 5) is 0. The van der Waals surface area contributed by atoms with E-state index in [0.717, 1.165) is 11.1 Å². The Labute approximate surface area is 107 Å². The number of hydrogen-bond acceptors (Lipinski definition) is 2. The molecule has 0 aliphatic carbocycles. The summed E-state index contributed by atoms with van der Waals surface area (Å²) in [7, 11) is 0. The van der Waals surface area contributed by atoms with Gasteiger partial charge in [0.25, 0.3) is 6.43 Å². The lowest BCUT2D eigenvalue weighted by molar-refractivity contribution is -0.0251. The zero-order chi connectivity index (χ0) is 13.5. The van der Waals surface area contributed by atoms with Crippen LogP contribution < -0.4 is 5.32 Å². The summed E-state index contributed by atoms with van der Waals surface area (Å²) in [5.74, 6) is 0. The lowest BCUT2D eigenvalue weighted by atomic mass is 10.1. The fourth-order valence-electron chi connectivity index (χ4n) is 1.68. The summed E-state index contributed by atoms with van der Waals surface area (Å²) < 4.78 is 29.8. The van der Waals surface area contributed by atoms with Crippen molar-refractivity contribution in [1.82, 2.24) is 5.32 Å². The van der Waals surface area contributed by atoms with Crippen molar-refractivity contribution < 1.29 is 13.5 Å². The third-order valence-corrected chi connectivity index (χ3v) is 2.55. The molecule has 1 atom stereocenters. The first-order valence-electron chi connectivity index (χ1n) is 6.18. The van der Waals surface area contributed by atoms with E-state index in [-0.39, 0.29) is 6.10 Å². The van der Waals surface area contributed by atoms with Crippen molar-refractivity contribution in [2.24, 2.45) is 0 Å². The van der Waals surface area contributed by atoms with Crippen LogP contribution in [0.4, 0.5) is 8.78 Å². The van der Waals surface area contributed by atoms with Gasteiger partial charge in [-0.2, -0.15) is 0 Å². The molecule has 4 heteroatoms. The summed E-state index contributed by atoms with van der Waals surface area (Å²) in [5, 5.41) is 3.22. The van der Waals surface area contributed by atoms with Gasteiger partial charge in [0.15, 0.2) is 0 Å². The topological polar surface area (TPSA) is 21.3 Å². The van der Waals surface area contributed by atoms with Gasteiger partial charge in [0.2, 0.25) is 0 Å². The number of nitrogens with one attached hydrogen (secondary N) is 1. The van der Waals surface area contributed by atoms with E-state index in [2.05, 4.69) is 5.32 Å². The van der Waals surface area contributed by atoms with Gasteiger partial charge in [0, 0.05) is 12.6 Å². The molecule has 2 nitrogen and oxygen atoms in total. The molecule has 0 heterocycles. The molecule has 0 bridgehead atoms. The molecule has 0 aliphatic rings. The van der Waals surface area contributed by atoms with E-state index in [0.29, 0.717) is 12.6 Å². The number of hydrogen-bond donors (Lipinski definition) is 1. The van der Waals surface area contributed by atoms with Crippen LogP contribution in [0.3, 0.4) is 0 Å². The molecule has 1 rings (SSSR count). The first kappa shape index (κ1) is 15.1. The molecular weight excluding hydrogens is 236 g/mol. The summed E-state index contributed by atoms with van der Waals surface area (Å²) in [6.45, 7) is 6.01. The molecule has 1 unspecified atom stereocenters. The molecule has 1 aromatic carbocycles. The van der Waals surface area contributed by atoms with Crippen LogP contribution in [-0.2, 0) is 4.74 Å². The lowest BCUT2D eigenvalue weighted by Crippen LogP contribution is -2.30. The highest BCUT2D eigenvalue weighted by molar-refractivity contribution is 5.24. The standard InChI is InChI=1S/C14H21F2NO/c1-10(2)17-8-13(18-9-14(15)16)12-6-4-5-11(3)7-12/h4-7,10,13-14,17H,8-9H2,1-3H3. The second-order valence-electron chi connectivity index (χ2n) is 4.69. The molecule has 0 fully saturated rings. The average Bonchev–Trinajstić information content (AvgIpc) is 2.28. The predicted molar refractivity (Wildman–Crippen MR) is 69.0 cm³/mol. The summed E-state index contributed by atoms with van der Waals surface area (Å²) in [6.07, 6.45) is -2.77. The quantitative estimate of drug-likeness (QED) is 0.809. The molecule has 0 amide bonds. The van der Waals surface area contributed by atoms with E-state index in [1.54, 1.807) is 0 Å². The minimum absolute atomic E-state index is 0.299. The van der Waals surface area contributed by atoms with Crippen molar-refractivity contribution in [3.05, 3.63) is 35.4 Å². The number of ether oxygens (including phenoxy) is 1. The average molecular weight is 257 g/mol. The molecule has 18 heavy (non-hydrogen) atoms. The van der Waals surface area contributed by atoms with Crippen LogP contribution in [0.2, 0.25) is 0 Å². The Bertz CT molecular complexity index is 343. The van der Waals surface area contributed by atoms with Crippen LogP contribution in [-0.4, -0.2) is 25.6 Å². The van der Waals surface area contributed by atoms with Crippen LogP contribution in [0.1, 0.15) is 31.1 Å². The Kier molecular flexibility index (Phi) is 6.22. The third kappa shape index (κ3) is 5.56. The largest absolute Gasteiger partial charge is 0.366 e. The molecule has 0 aromatic heterocycles. The highest BCUT2D eigenvalue weighted by Gasteiger charge is 2.15. The molecule has 0 aliphatic heterocycles. The van der Waals surface area contributed by atoms with E-state index in [9.17, 15) is 8.78 Å². The van der Waals surface area contributed by atoms with Gasteiger partial charge in [-0.1, -0.05) is 43.7 Å². The van der Waals surface area contributed by atoms with E-state index in [4.69, 9.17) is 4.74 Å². The van der Waals surface area contributed by atoms with Gasteiger partial charge in [-0.3, -0.25) is 0 Å². The minimum atomic E-state index is -2.43. The van der Waals surface area contributed by atoms with Crippen molar-refractivity contribution >= 4 is 0 Å². The van der Waals surface area contributed by atoms with Gasteiger partial charge in [-0.15, -0.1) is 0 Å². The predicted octanol–water partition coefficient (Wildman–Crippen LogP) is 3.32. The normalized spacial score (nSPS) is 13.3. The highest BCUT2D eigenvalue weighted by atomic mass is 19.3. The number of aryl methyl sites for hydroxylation is 1. The van der Waals surface area contributed by atoms with Gasteiger partial charge >= 0.3 is 0 Å². The summed E-state index contributed by atoms with van der Waals surface area (Å²) in [6, 6.07) is 8.07. The zero-order valence-electron chi connectivity index (χ0n) is 11.1. The first-order valence-corrected chi connectivity index (χ1v) is 6.18. The maximum Gasteiger partial charge on any atom is 0.261 e. The van der Waals surface area contributed by atoms with Crippen LogP contribution in [0, 0.1) is 6.92 Å². The Hall–Kier alpha value is -1.00. The van der Waals surface area contributed by atoms with Crippen LogP contribution >= 0.6 is 0 Å². The maximum absolute atomic E-state index is 12.2. The Morgan fingerprint density at radius 3 is 2.56 bits per heavy atom. The molecule has 1 N–H and O–H groups in total. The number of benzene rings is 1. The van der Waals surface area contributed by atoms with E-state index in [1.165, 1.54) is 0 Å². The first-order chi connectivity index (χ1) is 8.49. The maximum atomic E-state index is 12.2. The van der Waals surface area contributed by atoms with E-state index in [1.807, 2.05) is 45.0 Å². The van der Waals surface area contributed by atoms with Crippen molar-refractivity contribution in [2.45, 2.75) is 39.3 Å². The van der Waals surface area contributed by atoms with Crippen molar-refractivity contribution in [2.75, 3.05) is 13.2 Å². The smallest absolute Gasteiger partial charge is 0.261 e. The SMILES string of the molecule is Cc1cccc(C(CNC(C)C)OCC(F)F)c1. The second-order valence-corrected chi connectivity index (χ2v) is 4.69. The molecule has 102 valence electrons. The molecule has 0 radical (unpaired) electrons. The van der Waals surface area contributed by atoms with Crippen molar-refractivity contribution in [1.29, 1.82) is 0 Å². The number of rotatable bonds is 7. The molecule has 0 saturated heterocycles. The highest BCUT2D eigenvalue weighted by Crippen LogP contribution is 2.19. The number of alkyl halides is 2. The molecule has 0 spiro atoms. The molecule has 0 saturated carbocycles. The van der Waals surface area contributed by atoms with Gasteiger partial charge in [0.05, 0.1) is 6.10 Å². The Balaban J connectivity index is 2.69. The second kappa shape index (κ2) is 7.44. The van der Waals surface area contributed by atoms with Crippen LogP contribution in [0.25, 0.3) is 0 Å². The van der Waals surface area contributed by atoms with Gasteiger partial charge in [0.1, 0.15) is 6.61 Å². The van der Waals surface area contributed by atoms with Crippen LogP contribution in [0.15, 0.2) is 24.3 Å². The van der Waals surface area contributed by atoms with Gasteiger partial charge < -0.3 is 10.1 Å². The van der Waals surface area contributed by atoms with E-state index >= 15 is 0 Å². The van der Waals surface area contributed by atoms with Crippen molar-refractivity contribution in [3.8, 4) is 0 Å². The Morgan fingerprint density at radius 1 is 1.28 bits per heavy atom. The van der Waals surface area contributed by atoms with Gasteiger partial charge in [-0.05, 0) is 12.5 Å². The van der Waals surface area contributed by atoms with E-state index < -0.39 is 13.0 Å². The fraction of sp³-hybridized carbons (Fsp3) is 0.571.